The van der Waals surface area contributed by atoms with Crippen LogP contribution >= 0.6 is 23.1 Å². The number of thiazole rings is 1. The van der Waals surface area contributed by atoms with Crippen LogP contribution in [0.25, 0.3) is 5.69 Å². The largest absolute Gasteiger partial charge is 0.351 e. The first kappa shape index (κ1) is 24.2. The Morgan fingerprint density at radius 1 is 1.00 bits per heavy atom. The second-order valence-corrected chi connectivity index (χ2v) is 9.85. The van der Waals surface area contributed by atoms with Gasteiger partial charge in [0.25, 0.3) is 5.91 Å². The molecule has 0 aliphatic carbocycles. The van der Waals surface area contributed by atoms with E-state index in [-0.39, 0.29) is 5.91 Å². The summed E-state index contributed by atoms with van der Waals surface area (Å²) in [4.78, 5) is 16.9. The lowest BCUT2D eigenvalue weighted by molar-refractivity contribution is 0.0948. The fraction of sp³-hybridized carbons (Fsp3) is 0.308. The summed E-state index contributed by atoms with van der Waals surface area (Å²) in [6, 6.07) is 20.5. The van der Waals surface area contributed by atoms with Crippen molar-refractivity contribution in [2.75, 3.05) is 6.54 Å². The van der Waals surface area contributed by atoms with Gasteiger partial charge in [-0.1, -0.05) is 86.5 Å². The molecular weight excluding hydrogens is 462 g/mol. The third-order valence-electron chi connectivity index (χ3n) is 5.34. The number of benzene rings is 2. The molecule has 0 radical (unpaired) electrons. The number of hydrogen-bond donors (Lipinski definition) is 1. The van der Waals surface area contributed by atoms with E-state index < -0.39 is 0 Å². The van der Waals surface area contributed by atoms with Crippen molar-refractivity contribution in [3.05, 3.63) is 88.1 Å². The average Bonchev–Trinajstić information content (AvgIpc) is 3.51. The van der Waals surface area contributed by atoms with Gasteiger partial charge < -0.3 is 5.32 Å². The molecule has 2 aromatic carbocycles. The van der Waals surface area contributed by atoms with Gasteiger partial charge >= 0.3 is 0 Å². The summed E-state index contributed by atoms with van der Waals surface area (Å²) < 4.78 is 2.11. The topological polar surface area (TPSA) is 72.7 Å². The first-order chi connectivity index (χ1) is 16.7. The minimum atomic E-state index is -0.0957. The number of para-hydroxylation sites is 1. The van der Waals surface area contributed by atoms with E-state index >= 15 is 0 Å². The molecular formula is C26H29N5OS2. The summed E-state index contributed by atoms with van der Waals surface area (Å²) in [5.41, 5.74) is 2.71. The molecule has 0 atom stereocenters. The molecule has 1 amide bonds. The van der Waals surface area contributed by atoms with Crippen LogP contribution in [0.5, 0.6) is 0 Å². The van der Waals surface area contributed by atoms with Gasteiger partial charge in [-0.15, -0.1) is 21.5 Å². The van der Waals surface area contributed by atoms with Crippen LogP contribution in [0.3, 0.4) is 0 Å². The first-order valence-electron chi connectivity index (χ1n) is 11.6. The van der Waals surface area contributed by atoms with Crippen LogP contribution in [0.2, 0.25) is 0 Å². The Labute approximate surface area is 208 Å². The zero-order valence-electron chi connectivity index (χ0n) is 19.3. The lowest BCUT2D eigenvalue weighted by Gasteiger charge is -2.10. The lowest BCUT2D eigenvalue weighted by Crippen LogP contribution is -2.24. The summed E-state index contributed by atoms with van der Waals surface area (Å²) in [6.45, 7) is 2.88. The van der Waals surface area contributed by atoms with Crippen molar-refractivity contribution in [1.29, 1.82) is 0 Å². The summed E-state index contributed by atoms with van der Waals surface area (Å²) in [5, 5.41) is 15.5. The summed E-state index contributed by atoms with van der Waals surface area (Å²) in [7, 11) is 0. The Hall–Kier alpha value is -2.97. The standard InChI is InChI=1S/C26H29N5OS2/c1-2-3-4-11-16-27-25(32)22-18-33-24(28-22)19-34-26-30-29-23(17-20-12-7-5-8-13-20)31(26)21-14-9-6-10-15-21/h5-10,12-15,18H,2-4,11,16-17,19H2,1H3,(H,27,32). The predicted octanol–water partition coefficient (Wildman–Crippen LogP) is 5.92. The quantitative estimate of drug-likeness (QED) is 0.197. The smallest absolute Gasteiger partial charge is 0.270 e. The van der Waals surface area contributed by atoms with Gasteiger partial charge in [0.1, 0.15) is 16.5 Å². The number of nitrogens with one attached hydrogen (secondary N) is 1. The number of nitrogens with zero attached hydrogens (tertiary/aromatic N) is 4. The van der Waals surface area contributed by atoms with E-state index in [9.17, 15) is 4.79 Å². The van der Waals surface area contributed by atoms with Crippen LogP contribution in [0.4, 0.5) is 0 Å². The molecule has 176 valence electrons. The van der Waals surface area contributed by atoms with Gasteiger partial charge in [-0.3, -0.25) is 9.36 Å². The highest BCUT2D eigenvalue weighted by Gasteiger charge is 2.16. The zero-order valence-corrected chi connectivity index (χ0v) is 20.9. The van der Waals surface area contributed by atoms with Crippen molar-refractivity contribution in [2.45, 2.75) is 49.9 Å². The molecule has 0 aliphatic rings. The van der Waals surface area contributed by atoms with Crippen LogP contribution in [0.1, 0.15) is 59.5 Å². The molecule has 6 nitrogen and oxygen atoms in total. The minimum absolute atomic E-state index is 0.0957. The van der Waals surface area contributed by atoms with Crippen molar-refractivity contribution in [1.82, 2.24) is 25.1 Å². The first-order valence-corrected chi connectivity index (χ1v) is 13.5. The summed E-state index contributed by atoms with van der Waals surface area (Å²) in [5.74, 6) is 1.42. The monoisotopic (exact) mass is 491 g/mol. The van der Waals surface area contributed by atoms with Crippen molar-refractivity contribution < 1.29 is 4.79 Å². The maximum Gasteiger partial charge on any atom is 0.270 e. The Morgan fingerprint density at radius 3 is 2.53 bits per heavy atom. The molecule has 0 saturated carbocycles. The van der Waals surface area contributed by atoms with Crippen molar-refractivity contribution in [3.8, 4) is 5.69 Å². The minimum Gasteiger partial charge on any atom is -0.351 e. The lowest BCUT2D eigenvalue weighted by atomic mass is 10.1. The van der Waals surface area contributed by atoms with Gasteiger partial charge in [-0.25, -0.2) is 4.98 Å². The second kappa shape index (κ2) is 12.5. The summed E-state index contributed by atoms with van der Waals surface area (Å²) >= 11 is 3.09. The van der Waals surface area contributed by atoms with Crippen molar-refractivity contribution in [2.24, 2.45) is 0 Å². The molecule has 1 N–H and O–H groups in total. The van der Waals surface area contributed by atoms with E-state index in [4.69, 9.17) is 0 Å². The molecule has 0 bridgehead atoms. The van der Waals surface area contributed by atoms with Gasteiger partial charge in [-0.2, -0.15) is 0 Å². The van der Waals surface area contributed by atoms with Gasteiger partial charge in [0.2, 0.25) is 0 Å². The van der Waals surface area contributed by atoms with E-state index in [1.807, 2.05) is 41.8 Å². The second-order valence-electron chi connectivity index (χ2n) is 7.96. The van der Waals surface area contributed by atoms with Crippen LogP contribution in [-0.4, -0.2) is 32.2 Å². The Bertz CT molecular complexity index is 1170. The zero-order chi connectivity index (χ0) is 23.6. The average molecular weight is 492 g/mol. The molecule has 2 aromatic heterocycles. The predicted molar refractivity (Wildman–Crippen MR) is 139 cm³/mol. The molecule has 0 aliphatic heterocycles. The molecule has 0 saturated heterocycles. The molecule has 34 heavy (non-hydrogen) atoms. The molecule has 0 unspecified atom stereocenters. The van der Waals surface area contributed by atoms with Crippen LogP contribution in [-0.2, 0) is 12.2 Å². The number of carbonyl (C=O) groups is 1. The number of hydrogen-bond acceptors (Lipinski definition) is 6. The molecule has 4 rings (SSSR count). The van der Waals surface area contributed by atoms with Crippen molar-refractivity contribution >= 4 is 29.0 Å². The molecule has 8 heteroatoms. The highest BCUT2D eigenvalue weighted by atomic mass is 32.2. The van der Waals surface area contributed by atoms with Gasteiger partial charge in [-0.05, 0) is 24.1 Å². The number of thioether (sulfide) groups is 1. The highest BCUT2D eigenvalue weighted by molar-refractivity contribution is 7.98. The Kier molecular flexibility index (Phi) is 8.87. The fourth-order valence-corrected chi connectivity index (χ4v) is 5.34. The van der Waals surface area contributed by atoms with Crippen molar-refractivity contribution in [3.63, 3.8) is 0 Å². The number of rotatable bonds is 12. The molecule has 0 spiro atoms. The third-order valence-corrected chi connectivity index (χ3v) is 7.32. The van der Waals surface area contributed by atoms with Gasteiger partial charge in [0.05, 0.1) is 5.75 Å². The third kappa shape index (κ3) is 6.55. The summed E-state index contributed by atoms with van der Waals surface area (Å²) in [6.07, 6.45) is 5.24. The fourth-order valence-electron chi connectivity index (χ4n) is 3.58. The Balaban J connectivity index is 1.43. The number of aromatic nitrogens is 4. The van der Waals surface area contributed by atoms with E-state index in [1.165, 1.54) is 29.7 Å². The molecule has 2 heterocycles. The molecule has 4 aromatic rings. The number of unbranched alkanes of at least 4 members (excludes halogenated alkanes) is 3. The van der Waals surface area contributed by atoms with Gasteiger partial charge in [0.15, 0.2) is 5.16 Å². The number of amides is 1. The maximum absolute atomic E-state index is 12.4. The van der Waals surface area contributed by atoms with Crippen LogP contribution in [0.15, 0.2) is 71.2 Å². The van der Waals surface area contributed by atoms with E-state index in [1.54, 1.807) is 11.8 Å². The SMILES string of the molecule is CCCCCCNC(=O)c1csc(CSc2nnc(Cc3ccccc3)n2-c2ccccc2)n1. The Morgan fingerprint density at radius 2 is 1.76 bits per heavy atom. The number of carbonyl (C=O) groups excluding carboxylic acids is 1. The highest BCUT2D eigenvalue weighted by Crippen LogP contribution is 2.27. The maximum atomic E-state index is 12.4. The molecule has 0 fully saturated rings. The normalized spacial score (nSPS) is 11.0. The van der Waals surface area contributed by atoms with Crippen LogP contribution in [0, 0.1) is 0 Å². The van der Waals surface area contributed by atoms with E-state index in [0.29, 0.717) is 24.4 Å². The van der Waals surface area contributed by atoms with Gasteiger partial charge in [0, 0.05) is 24.0 Å². The van der Waals surface area contributed by atoms with E-state index in [0.717, 1.165) is 34.5 Å². The van der Waals surface area contributed by atoms with Crippen LogP contribution < -0.4 is 5.32 Å². The van der Waals surface area contributed by atoms with E-state index in [2.05, 4.69) is 56.3 Å².